The van der Waals surface area contributed by atoms with Crippen LogP contribution in [-0.4, -0.2) is 43.6 Å². The number of amides is 1. The normalized spacial score (nSPS) is 15.3. The van der Waals surface area contributed by atoms with Gasteiger partial charge in [-0.25, -0.2) is 4.98 Å². The second-order valence-corrected chi connectivity index (χ2v) is 6.90. The fourth-order valence-corrected chi connectivity index (χ4v) is 3.55. The molecule has 3 heterocycles. The van der Waals surface area contributed by atoms with Crippen molar-refractivity contribution >= 4 is 5.91 Å². The first-order valence-corrected chi connectivity index (χ1v) is 9.08. The second kappa shape index (κ2) is 7.15. The number of piperidine rings is 1. The summed E-state index contributed by atoms with van der Waals surface area (Å²) >= 11 is 0. The third kappa shape index (κ3) is 3.40. The number of hydrogen-bond donors (Lipinski definition) is 1. The lowest BCUT2D eigenvalue weighted by atomic mass is 9.96. The molecule has 1 N–H and O–H groups in total. The molecule has 26 heavy (non-hydrogen) atoms. The van der Waals surface area contributed by atoms with Gasteiger partial charge in [-0.05, 0) is 31.7 Å². The number of benzene rings is 1. The van der Waals surface area contributed by atoms with Crippen molar-refractivity contribution in [2.75, 3.05) is 13.1 Å². The second-order valence-electron chi connectivity index (χ2n) is 6.90. The molecule has 1 aromatic carbocycles. The Kier molecular flexibility index (Phi) is 4.56. The number of aromatic nitrogens is 4. The van der Waals surface area contributed by atoms with Gasteiger partial charge in [0.05, 0.1) is 5.69 Å². The first-order chi connectivity index (χ1) is 12.7. The Bertz CT molecular complexity index is 875. The quantitative estimate of drug-likeness (QED) is 0.787. The van der Waals surface area contributed by atoms with Gasteiger partial charge in [0.15, 0.2) is 0 Å². The molecular weight excluding hydrogens is 326 g/mol. The maximum Gasteiger partial charge on any atom is 0.271 e. The van der Waals surface area contributed by atoms with E-state index in [2.05, 4.69) is 19.7 Å². The number of rotatable bonds is 4. The Morgan fingerprint density at radius 1 is 1.23 bits per heavy atom. The molecule has 2 aromatic heterocycles. The molecular formula is C20H23N5O. The number of carbonyl (C=O) groups excluding carboxylic acids is 1. The summed E-state index contributed by atoms with van der Waals surface area (Å²) in [5.74, 6) is 1.68. The van der Waals surface area contributed by atoms with Crippen molar-refractivity contribution in [1.29, 1.82) is 0 Å². The van der Waals surface area contributed by atoms with Gasteiger partial charge in [-0.3, -0.25) is 9.89 Å². The molecule has 4 rings (SSSR count). The SMILES string of the molecule is Cc1nccn1CC1CCN(C(=O)c2cc(-c3ccccc3)n[nH]2)CC1. The first kappa shape index (κ1) is 16.6. The lowest BCUT2D eigenvalue weighted by Gasteiger charge is -2.32. The van der Waals surface area contributed by atoms with Gasteiger partial charge in [0.25, 0.3) is 5.91 Å². The Morgan fingerprint density at radius 3 is 2.69 bits per heavy atom. The van der Waals surface area contributed by atoms with Gasteiger partial charge >= 0.3 is 0 Å². The summed E-state index contributed by atoms with van der Waals surface area (Å²) in [6.45, 7) is 4.59. The topological polar surface area (TPSA) is 66.8 Å². The molecule has 0 bridgehead atoms. The summed E-state index contributed by atoms with van der Waals surface area (Å²) in [4.78, 5) is 19.0. The van der Waals surface area contributed by atoms with E-state index in [4.69, 9.17) is 0 Å². The van der Waals surface area contributed by atoms with Gasteiger partial charge in [-0.15, -0.1) is 0 Å². The van der Waals surface area contributed by atoms with Crippen LogP contribution in [-0.2, 0) is 6.54 Å². The molecule has 1 aliphatic heterocycles. The maximum atomic E-state index is 12.8. The largest absolute Gasteiger partial charge is 0.337 e. The van der Waals surface area contributed by atoms with Crippen LogP contribution in [0.4, 0.5) is 0 Å². The minimum absolute atomic E-state index is 0.0388. The standard InChI is InChI=1S/C20H23N5O/c1-15-21-9-12-25(15)14-16-7-10-24(11-8-16)20(26)19-13-18(22-23-19)17-5-3-2-4-6-17/h2-6,9,12-13,16H,7-8,10-11,14H2,1H3,(H,22,23). The van der Waals surface area contributed by atoms with Crippen molar-refractivity contribution in [2.45, 2.75) is 26.3 Å². The Hall–Kier alpha value is -2.89. The van der Waals surface area contributed by atoms with Gasteiger partial charge in [0, 0.05) is 37.6 Å². The van der Waals surface area contributed by atoms with Crippen LogP contribution >= 0.6 is 0 Å². The number of nitrogens with one attached hydrogen (secondary N) is 1. The molecule has 6 heteroatoms. The number of nitrogens with zero attached hydrogens (tertiary/aromatic N) is 4. The van der Waals surface area contributed by atoms with Gasteiger partial charge in [-0.1, -0.05) is 30.3 Å². The van der Waals surface area contributed by atoms with Crippen LogP contribution < -0.4 is 0 Å². The molecule has 0 unspecified atom stereocenters. The molecule has 3 aromatic rings. The average Bonchev–Trinajstić information content (AvgIpc) is 3.32. The Morgan fingerprint density at radius 2 is 2.00 bits per heavy atom. The molecule has 0 atom stereocenters. The summed E-state index contributed by atoms with van der Waals surface area (Å²) in [6.07, 6.45) is 5.91. The smallest absolute Gasteiger partial charge is 0.271 e. The summed E-state index contributed by atoms with van der Waals surface area (Å²) in [5.41, 5.74) is 2.38. The van der Waals surface area contributed by atoms with Gasteiger partial charge in [0.2, 0.25) is 0 Å². The highest BCUT2D eigenvalue weighted by molar-refractivity contribution is 5.93. The van der Waals surface area contributed by atoms with E-state index in [9.17, 15) is 4.79 Å². The third-order valence-corrected chi connectivity index (χ3v) is 5.16. The van der Waals surface area contributed by atoms with E-state index >= 15 is 0 Å². The van der Waals surface area contributed by atoms with E-state index in [0.29, 0.717) is 11.6 Å². The van der Waals surface area contributed by atoms with Crippen molar-refractivity contribution < 1.29 is 4.79 Å². The lowest BCUT2D eigenvalue weighted by Crippen LogP contribution is -2.39. The van der Waals surface area contributed by atoms with Crippen LogP contribution in [0.25, 0.3) is 11.3 Å². The van der Waals surface area contributed by atoms with Crippen LogP contribution in [0.15, 0.2) is 48.8 Å². The molecule has 0 spiro atoms. The number of carbonyl (C=O) groups is 1. The molecule has 0 saturated carbocycles. The van der Waals surface area contributed by atoms with E-state index in [1.54, 1.807) is 0 Å². The maximum absolute atomic E-state index is 12.8. The highest BCUT2D eigenvalue weighted by Crippen LogP contribution is 2.22. The lowest BCUT2D eigenvalue weighted by molar-refractivity contribution is 0.0676. The first-order valence-electron chi connectivity index (χ1n) is 9.08. The highest BCUT2D eigenvalue weighted by Gasteiger charge is 2.25. The molecule has 1 fully saturated rings. The molecule has 134 valence electrons. The van der Waals surface area contributed by atoms with Crippen molar-refractivity contribution in [1.82, 2.24) is 24.6 Å². The summed E-state index contributed by atoms with van der Waals surface area (Å²) in [5, 5.41) is 7.20. The predicted octanol–water partition coefficient (Wildman–Crippen LogP) is 3.13. The van der Waals surface area contributed by atoms with Crippen LogP contribution in [0.2, 0.25) is 0 Å². The fraction of sp³-hybridized carbons (Fsp3) is 0.350. The van der Waals surface area contributed by atoms with Crippen LogP contribution in [0.1, 0.15) is 29.2 Å². The van der Waals surface area contributed by atoms with E-state index in [1.165, 1.54) is 0 Å². The number of aryl methyl sites for hydroxylation is 1. The average molecular weight is 349 g/mol. The Balaban J connectivity index is 1.37. The van der Waals surface area contributed by atoms with E-state index < -0.39 is 0 Å². The van der Waals surface area contributed by atoms with Crippen LogP contribution in [0.3, 0.4) is 0 Å². The minimum Gasteiger partial charge on any atom is -0.337 e. The third-order valence-electron chi connectivity index (χ3n) is 5.16. The van der Waals surface area contributed by atoms with Crippen LogP contribution in [0.5, 0.6) is 0 Å². The number of likely N-dealkylation sites (tertiary alicyclic amines) is 1. The molecule has 0 aliphatic carbocycles. The van der Waals surface area contributed by atoms with Crippen molar-refractivity contribution in [3.8, 4) is 11.3 Å². The fourth-order valence-electron chi connectivity index (χ4n) is 3.55. The monoisotopic (exact) mass is 349 g/mol. The molecule has 0 radical (unpaired) electrons. The summed E-state index contributed by atoms with van der Waals surface area (Å²) in [6, 6.07) is 11.7. The summed E-state index contributed by atoms with van der Waals surface area (Å²) < 4.78 is 2.20. The minimum atomic E-state index is 0.0388. The summed E-state index contributed by atoms with van der Waals surface area (Å²) in [7, 11) is 0. The van der Waals surface area contributed by atoms with Crippen molar-refractivity contribution in [3.05, 3.63) is 60.3 Å². The number of hydrogen-bond acceptors (Lipinski definition) is 3. The molecule has 1 aliphatic rings. The van der Waals surface area contributed by atoms with Crippen LogP contribution in [0, 0.1) is 12.8 Å². The van der Waals surface area contributed by atoms with E-state index in [0.717, 1.165) is 49.6 Å². The van der Waals surface area contributed by atoms with E-state index in [-0.39, 0.29) is 5.91 Å². The van der Waals surface area contributed by atoms with Crippen molar-refractivity contribution in [2.24, 2.45) is 5.92 Å². The zero-order valence-electron chi connectivity index (χ0n) is 14.9. The van der Waals surface area contributed by atoms with Gasteiger partial charge in [0.1, 0.15) is 11.5 Å². The highest BCUT2D eigenvalue weighted by atomic mass is 16.2. The Labute approximate surface area is 152 Å². The molecule has 6 nitrogen and oxygen atoms in total. The molecule has 1 saturated heterocycles. The number of H-pyrrole nitrogens is 1. The van der Waals surface area contributed by atoms with Gasteiger partial charge in [-0.2, -0.15) is 5.10 Å². The number of imidazole rings is 1. The zero-order chi connectivity index (χ0) is 17.9. The van der Waals surface area contributed by atoms with Crippen molar-refractivity contribution in [3.63, 3.8) is 0 Å². The number of aromatic amines is 1. The van der Waals surface area contributed by atoms with E-state index in [1.807, 2.05) is 60.6 Å². The zero-order valence-corrected chi connectivity index (χ0v) is 14.9. The predicted molar refractivity (Wildman–Crippen MR) is 99.6 cm³/mol. The molecule has 1 amide bonds. The van der Waals surface area contributed by atoms with Gasteiger partial charge < -0.3 is 9.47 Å².